The molecule has 4 aliphatic heterocycles. The molecule has 78 heavy (non-hydrogen) atoms. The average molecular weight is 1100 g/mol. The second-order valence-electron chi connectivity index (χ2n) is 23.5. The van der Waals surface area contributed by atoms with Crippen molar-refractivity contribution in [1.82, 2.24) is 14.8 Å². The van der Waals surface area contributed by atoms with Crippen LogP contribution in [0.3, 0.4) is 0 Å². The molecule has 0 bridgehead atoms. The summed E-state index contributed by atoms with van der Waals surface area (Å²) in [5.41, 5.74) is -2.54. The SMILES string of the molecule is CC[C@@H]1OC(=O)[C@H](C)[C@H](O[C@@H]2C[C@](C)(OC)[C@H](OC(=O)CCNCCCc3cc4c5c(c3)c(=O)c(C(=O)O)cn5CCC4)[C@H](C)O2)[C@@H](C)[C@H](O[C@@H]2O[C@H](C)C[C@H](N(C)C)[C@@H]2O)[C@](C)(O)C[C@H](C)C(=NOC)[C@@H](C)[C@H](O)[C@@]1(C)O. The summed E-state index contributed by atoms with van der Waals surface area (Å²) < 4.78 is 46.7. The molecule has 1 aromatic carbocycles. The van der Waals surface area contributed by atoms with Crippen LogP contribution in [0.25, 0.3) is 10.9 Å². The van der Waals surface area contributed by atoms with Crippen LogP contribution in [0.4, 0.5) is 0 Å². The van der Waals surface area contributed by atoms with E-state index in [1.54, 1.807) is 54.5 Å². The van der Waals surface area contributed by atoms with Crippen LogP contribution >= 0.6 is 0 Å². The summed E-state index contributed by atoms with van der Waals surface area (Å²) in [6.07, 6.45) is -5.45. The van der Waals surface area contributed by atoms with Crippen molar-refractivity contribution in [3.63, 3.8) is 0 Å². The van der Waals surface area contributed by atoms with Crippen LogP contribution in [0.2, 0.25) is 0 Å². The average Bonchev–Trinajstić information content (AvgIpc) is 3.45. The molecular formula is C57H90N4O17. The van der Waals surface area contributed by atoms with E-state index in [0.717, 1.165) is 29.5 Å². The van der Waals surface area contributed by atoms with Crippen molar-refractivity contribution in [2.24, 2.45) is 28.8 Å². The smallest absolute Gasteiger partial charge is 0.341 e. The molecule has 6 rings (SSSR count). The number of hydrogen-bond acceptors (Lipinski definition) is 19. The summed E-state index contributed by atoms with van der Waals surface area (Å²) in [6, 6.07) is 3.54. The van der Waals surface area contributed by atoms with Crippen molar-refractivity contribution >= 4 is 34.5 Å². The largest absolute Gasteiger partial charge is 0.477 e. The van der Waals surface area contributed by atoms with Gasteiger partial charge < -0.3 is 78.3 Å². The number of carbonyl (C=O) groups excluding carboxylic acids is 2. The highest BCUT2D eigenvalue weighted by Crippen LogP contribution is 2.42. The van der Waals surface area contributed by atoms with Crippen molar-refractivity contribution < 1.29 is 77.9 Å². The van der Waals surface area contributed by atoms with Gasteiger partial charge in [-0.25, -0.2) is 4.79 Å². The van der Waals surface area contributed by atoms with Crippen LogP contribution in [0.1, 0.15) is 136 Å². The lowest BCUT2D eigenvalue weighted by Crippen LogP contribution is -2.61. The maximum absolute atomic E-state index is 14.6. The van der Waals surface area contributed by atoms with Gasteiger partial charge in [-0.05, 0) is 124 Å². The monoisotopic (exact) mass is 1100 g/mol. The van der Waals surface area contributed by atoms with Crippen LogP contribution < -0.4 is 10.7 Å². The first-order valence-corrected chi connectivity index (χ1v) is 27.9. The Morgan fingerprint density at radius 3 is 2.29 bits per heavy atom. The normalized spacial score (nSPS) is 37.7. The summed E-state index contributed by atoms with van der Waals surface area (Å²) in [5.74, 6) is -5.96. The number of esters is 2. The maximum Gasteiger partial charge on any atom is 0.341 e. The predicted octanol–water partition coefficient (Wildman–Crippen LogP) is 4.34. The molecular weight excluding hydrogens is 1010 g/mol. The third kappa shape index (κ3) is 13.9. The Hall–Kier alpha value is -4.13. The Morgan fingerprint density at radius 1 is 0.949 bits per heavy atom. The number of cyclic esters (lactones) is 1. The minimum Gasteiger partial charge on any atom is -0.477 e. The number of aliphatic hydroxyl groups excluding tert-OH is 2. The van der Waals surface area contributed by atoms with E-state index in [1.165, 1.54) is 27.3 Å². The molecule has 440 valence electrons. The summed E-state index contributed by atoms with van der Waals surface area (Å²) in [4.78, 5) is 60.3. The Kier molecular flexibility index (Phi) is 21.2. The summed E-state index contributed by atoms with van der Waals surface area (Å²) in [5, 5.41) is 66.2. The third-order valence-corrected chi connectivity index (χ3v) is 17.0. The molecule has 4 aliphatic rings. The van der Waals surface area contributed by atoms with E-state index in [-0.39, 0.29) is 43.4 Å². The zero-order valence-electron chi connectivity index (χ0n) is 48.4. The van der Waals surface area contributed by atoms with E-state index in [0.29, 0.717) is 50.0 Å². The van der Waals surface area contributed by atoms with Crippen LogP contribution in [0.15, 0.2) is 28.3 Å². The first-order valence-electron chi connectivity index (χ1n) is 27.9. The van der Waals surface area contributed by atoms with Crippen molar-refractivity contribution in [2.75, 3.05) is 41.4 Å². The fraction of sp³-hybridized carbons (Fsp3) is 0.772. The summed E-state index contributed by atoms with van der Waals surface area (Å²) in [7, 11) is 6.57. The van der Waals surface area contributed by atoms with E-state index in [2.05, 4.69) is 16.5 Å². The zero-order chi connectivity index (χ0) is 57.8. The zero-order valence-corrected chi connectivity index (χ0v) is 48.4. The van der Waals surface area contributed by atoms with E-state index < -0.39 is 119 Å². The van der Waals surface area contributed by atoms with Gasteiger partial charge in [0.25, 0.3) is 0 Å². The number of aromatic carboxylic acids is 1. The minimum atomic E-state index is -1.97. The number of aliphatic hydroxyl groups is 4. The van der Waals surface area contributed by atoms with Gasteiger partial charge in [0.1, 0.15) is 36.1 Å². The molecule has 2 aromatic rings. The Morgan fingerprint density at radius 2 is 1.65 bits per heavy atom. The van der Waals surface area contributed by atoms with Crippen LogP contribution in [0.5, 0.6) is 0 Å². The van der Waals surface area contributed by atoms with E-state index in [1.807, 2.05) is 37.4 Å². The number of likely N-dealkylation sites (N-methyl/N-ethyl adjacent to an activating group) is 1. The Balaban J connectivity index is 1.19. The summed E-state index contributed by atoms with van der Waals surface area (Å²) in [6.45, 7) is 18.5. The van der Waals surface area contributed by atoms with Crippen LogP contribution in [-0.2, 0) is 67.0 Å². The molecule has 21 nitrogen and oxygen atoms in total. The molecule has 5 heterocycles. The standard InChI is InChI=1S/C57H90N4O17/c1-15-41-57(10,70)49(65)32(4)44(59-72-14)30(2)27-55(8,69)50(78-54-47(64)40(60(11)12)24-31(3)73-54)33(5)48(34(6)53(68)75-41)77-43-28-56(9,71-13)51(35(7)74-43)76-42(62)20-22-58-21-16-18-36-25-37-19-17-23-61-29-39(52(66)67)46(63)38(26-36)45(37)61/h25-26,29-35,40-41,43,47-51,54,58,64-65,69-70H,15-24,27-28H2,1-14H3,(H,66,67)/t30-,31+,32+,33+,34+,35-,40-,41-,43+,47-,48+,49-,50-,51+,54-,55+,56-,57-/m0/s1. The maximum atomic E-state index is 14.6. The number of hydrogen-bond donors (Lipinski definition) is 6. The number of carboxylic acid groups (broad SMARTS) is 1. The van der Waals surface area contributed by atoms with E-state index in [9.17, 15) is 44.7 Å². The van der Waals surface area contributed by atoms with Gasteiger partial charge in [-0.15, -0.1) is 0 Å². The molecule has 0 spiro atoms. The number of ether oxygens (including phenoxy) is 7. The van der Waals surface area contributed by atoms with Gasteiger partial charge in [0.15, 0.2) is 18.7 Å². The Labute approximate surface area is 459 Å². The van der Waals surface area contributed by atoms with E-state index >= 15 is 0 Å². The van der Waals surface area contributed by atoms with Crippen molar-refractivity contribution in [3.05, 3.63) is 45.2 Å². The fourth-order valence-corrected chi connectivity index (χ4v) is 12.6. The number of pyridine rings is 1. The molecule has 0 amide bonds. The van der Waals surface area contributed by atoms with Gasteiger partial charge in [0.2, 0.25) is 5.43 Å². The molecule has 0 unspecified atom stereocenters. The van der Waals surface area contributed by atoms with Crippen molar-refractivity contribution in [1.29, 1.82) is 0 Å². The van der Waals surface area contributed by atoms with Crippen molar-refractivity contribution in [2.45, 2.75) is 218 Å². The number of oxime groups is 1. The number of benzene rings is 1. The molecule has 0 radical (unpaired) electrons. The number of rotatable bonds is 17. The van der Waals surface area contributed by atoms with Gasteiger partial charge in [0.05, 0.1) is 59.7 Å². The molecule has 3 fully saturated rings. The number of nitrogens with one attached hydrogen (secondary N) is 1. The highest BCUT2D eigenvalue weighted by Gasteiger charge is 2.54. The number of nitrogens with zero attached hydrogens (tertiary/aromatic N) is 3. The number of aromatic nitrogens is 1. The van der Waals surface area contributed by atoms with Gasteiger partial charge >= 0.3 is 17.9 Å². The lowest BCUT2D eigenvalue weighted by Gasteiger charge is -2.49. The molecule has 21 heteroatoms. The highest BCUT2D eigenvalue weighted by atomic mass is 16.7. The molecule has 18 atom stereocenters. The first kappa shape index (κ1) is 63.1. The molecule has 0 saturated carbocycles. The van der Waals surface area contributed by atoms with Crippen LogP contribution in [0, 0.1) is 23.7 Å². The molecule has 3 saturated heterocycles. The third-order valence-electron chi connectivity index (χ3n) is 17.0. The number of methoxy groups -OCH3 is 1. The van der Waals surface area contributed by atoms with Crippen molar-refractivity contribution in [3.8, 4) is 0 Å². The van der Waals surface area contributed by atoms with Gasteiger partial charge in [0, 0.05) is 62.0 Å². The number of aryl methyl sites for hydroxylation is 3. The predicted molar refractivity (Wildman–Crippen MR) is 289 cm³/mol. The lowest BCUT2D eigenvalue weighted by atomic mass is 9.73. The molecule has 6 N–H and O–H groups in total. The van der Waals surface area contributed by atoms with Gasteiger partial charge in [-0.1, -0.05) is 38.9 Å². The van der Waals surface area contributed by atoms with E-state index in [4.69, 9.17) is 38.0 Å². The number of carboxylic acids is 1. The topological polar surface area (TPSA) is 276 Å². The molecule has 0 aliphatic carbocycles. The Bertz CT molecular complexity index is 2480. The second-order valence-corrected chi connectivity index (χ2v) is 23.5. The number of carbonyl (C=O) groups is 3. The highest BCUT2D eigenvalue weighted by molar-refractivity contribution is 5.94. The fourth-order valence-electron chi connectivity index (χ4n) is 12.6. The first-order chi connectivity index (χ1) is 36.6. The minimum absolute atomic E-state index is 0.0234. The summed E-state index contributed by atoms with van der Waals surface area (Å²) >= 11 is 0. The molecule has 1 aromatic heterocycles. The van der Waals surface area contributed by atoms with Crippen LogP contribution in [-0.4, -0.2) is 184 Å². The quantitative estimate of drug-likeness (QED) is 0.0730. The van der Waals surface area contributed by atoms with Gasteiger partial charge in [-0.3, -0.25) is 14.4 Å². The van der Waals surface area contributed by atoms with Gasteiger partial charge in [-0.2, -0.15) is 0 Å². The lowest BCUT2D eigenvalue weighted by molar-refractivity contribution is -0.318. The second kappa shape index (κ2) is 26.2.